The molecular formula is C19H17FNO3S+. The molecule has 6 heteroatoms. The minimum absolute atomic E-state index is 0.275. The van der Waals surface area contributed by atoms with Crippen LogP contribution in [0.25, 0.3) is 10.1 Å². The number of morpholine rings is 1. The van der Waals surface area contributed by atoms with E-state index in [4.69, 9.17) is 9.47 Å². The molecule has 0 amide bonds. The van der Waals surface area contributed by atoms with E-state index in [0.717, 1.165) is 15.0 Å². The maximum atomic E-state index is 13.0. The van der Waals surface area contributed by atoms with E-state index >= 15 is 0 Å². The Bertz CT molecular complexity index is 925. The van der Waals surface area contributed by atoms with Crippen molar-refractivity contribution >= 4 is 27.3 Å². The van der Waals surface area contributed by atoms with Crippen molar-refractivity contribution in [3.05, 3.63) is 59.2 Å². The summed E-state index contributed by atoms with van der Waals surface area (Å²) in [5.74, 6) is 1.23. The normalized spacial score (nSPS) is 14.7. The Morgan fingerprint density at radius 2 is 1.88 bits per heavy atom. The fourth-order valence-corrected chi connectivity index (χ4v) is 3.84. The van der Waals surface area contributed by atoms with Crippen molar-refractivity contribution in [1.82, 2.24) is 0 Å². The van der Waals surface area contributed by atoms with Gasteiger partial charge in [0.2, 0.25) is 0 Å². The van der Waals surface area contributed by atoms with Crippen molar-refractivity contribution in [2.45, 2.75) is 0 Å². The molecule has 0 unspecified atom stereocenters. The van der Waals surface area contributed by atoms with Gasteiger partial charge >= 0.3 is 5.90 Å². The van der Waals surface area contributed by atoms with Crippen LogP contribution in [-0.4, -0.2) is 41.9 Å². The van der Waals surface area contributed by atoms with E-state index in [9.17, 15) is 9.50 Å². The molecule has 1 fully saturated rings. The van der Waals surface area contributed by atoms with Gasteiger partial charge in [0.1, 0.15) is 35.4 Å². The number of aliphatic hydroxyl groups is 1. The molecule has 1 saturated heterocycles. The second kappa shape index (κ2) is 6.82. The zero-order chi connectivity index (χ0) is 17.2. The van der Waals surface area contributed by atoms with Crippen molar-refractivity contribution in [2.75, 3.05) is 26.3 Å². The number of thiophene rings is 1. The summed E-state index contributed by atoms with van der Waals surface area (Å²) in [5, 5.41) is 11.5. The number of halogens is 1. The molecular weight excluding hydrogens is 341 g/mol. The van der Waals surface area contributed by atoms with Crippen molar-refractivity contribution in [1.29, 1.82) is 0 Å². The minimum atomic E-state index is -0.298. The molecule has 0 spiro atoms. The van der Waals surface area contributed by atoms with Crippen LogP contribution in [0, 0.1) is 5.82 Å². The molecule has 3 aromatic rings. The summed E-state index contributed by atoms with van der Waals surface area (Å²) in [6.07, 6.45) is 0. The third-order valence-corrected chi connectivity index (χ3v) is 5.19. The van der Waals surface area contributed by atoms with Gasteiger partial charge in [-0.3, -0.25) is 0 Å². The molecule has 1 aromatic heterocycles. The highest BCUT2D eigenvalue weighted by Gasteiger charge is 2.22. The van der Waals surface area contributed by atoms with Gasteiger partial charge in [-0.25, -0.2) is 4.39 Å². The molecule has 1 N–H and O–H groups in total. The van der Waals surface area contributed by atoms with Crippen molar-refractivity contribution in [2.24, 2.45) is 0 Å². The van der Waals surface area contributed by atoms with Gasteiger partial charge in [-0.2, -0.15) is 4.58 Å². The third kappa shape index (κ3) is 3.36. The maximum Gasteiger partial charge on any atom is 0.377 e. The van der Waals surface area contributed by atoms with E-state index in [0.29, 0.717) is 37.8 Å². The topological polar surface area (TPSA) is 41.7 Å². The average molecular weight is 358 g/mol. The Morgan fingerprint density at radius 1 is 1.12 bits per heavy atom. The van der Waals surface area contributed by atoms with Gasteiger partial charge in [0.25, 0.3) is 0 Å². The highest BCUT2D eigenvalue weighted by Crippen LogP contribution is 2.35. The Balaban J connectivity index is 1.70. The lowest BCUT2D eigenvalue weighted by atomic mass is 10.2. The second-order valence-electron chi connectivity index (χ2n) is 5.76. The van der Waals surface area contributed by atoms with Crippen LogP contribution in [0.2, 0.25) is 0 Å². The Labute approximate surface area is 148 Å². The lowest BCUT2D eigenvalue weighted by Gasteiger charge is -2.11. The van der Waals surface area contributed by atoms with Crippen LogP contribution < -0.4 is 4.74 Å². The fraction of sp³-hybridized carbons (Fsp3) is 0.211. The first-order valence-electron chi connectivity index (χ1n) is 8.06. The first-order valence-corrected chi connectivity index (χ1v) is 8.87. The van der Waals surface area contributed by atoms with Gasteiger partial charge in [-0.05, 0) is 42.5 Å². The molecule has 0 radical (unpaired) electrons. The highest BCUT2D eigenvalue weighted by molar-refractivity contribution is 7.20. The molecule has 4 rings (SSSR count). The molecule has 0 aliphatic carbocycles. The third-order valence-electron chi connectivity index (χ3n) is 4.09. The second-order valence-corrected chi connectivity index (χ2v) is 6.84. The molecule has 128 valence electrons. The zero-order valence-corrected chi connectivity index (χ0v) is 14.3. The van der Waals surface area contributed by atoms with Crippen LogP contribution in [0.3, 0.4) is 0 Å². The van der Waals surface area contributed by atoms with Crippen molar-refractivity contribution < 1.29 is 23.5 Å². The number of nitrogens with zero attached hydrogens (tertiary/aromatic N) is 1. The van der Waals surface area contributed by atoms with E-state index in [2.05, 4.69) is 0 Å². The van der Waals surface area contributed by atoms with E-state index < -0.39 is 0 Å². The number of hydrogen-bond acceptors (Lipinski definition) is 3. The number of fused-ring (bicyclic) bond motifs is 1. The number of benzene rings is 2. The Morgan fingerprint density at radius 3 is 2.64 bits per heavy atom. The van der Waals surface area contributed by atoms with Gasteiger partial charge < -0.3 is 14.6 Å². The monoisotopic (exact) mass is 358 g/mol. The zero-order valence-electron chi connectivity index (χ0n) is 13.4. The SMILES string of the molecule is OC(c1cc2c(Oc3ccc(F)cc3)cccc2s1)=[N+]1CCOCC1. The van der Waals surface area contributed by atoms with Crippen LogP contribution in [-0.2, 0) is 4.74 Å². The summed E-state index contributed by atoms with van der Waals surface area (Å²) < 4.78 is 27.2. The van der Waals surface area contributed by atoms with E-state index in [1.165, 1.54) is 23.5 Å². The smallest absolute Gasteiger partial charge is 0.377 e. The molecule has 25 heavy (non-hydrogen) atoms. The molecule has 2 aromatic carbocycles. The number of aliphatic hydroxyl groups excluding tert-OH is 1. The lowest BCUT2D eigenvalue weighted by Crippen LogP contribution is -2.33. The minimum Gasteiger partial charge on any atom is -0.459 e. The Kier molecular flexibility index (Phi) is 4.38. The van der Waals surface area contributed by atoms with Gasteiger partial charge in [-0.1, -0.05) is 6.07 Å². The Hall–Kier alpha value is -2.44. The predicted molar refractivity (Wildman–Crippen MR) is 95.9 cm³/mol. The molecule has 2 heterocycles. The molecule has 1 aliphatic heterocycles. The maximum absolute atomic E-state index is 13.0. The molecule has 0 atom stereocenters. The van der Waals surface area contributed by atoms with Crippen LogP contribution >= 0.6 is 11.3 Å². The fourth-order valence-electron chi connectivity index (χ4n) is 2.79. The number of rotatable bonds is 3. The largest absolute Gasteiger partial charge is 0.459 e. The van der Waals surface area contributed by atoms with E-state index in [1.54, 1.807) is 12.1 Å². The summed E-state index contributed by atoms with van der Waals surface area (Å²) in [5.41, 5.74) is 0. The first kappa shape index (κ1) is 16.1. The molecule has 0 bridgehead atoms. The van der Waals surface area contributed by atoms with E-state index in [1.807, 2.05) is 28.8 Å². The molecule has 4 nitrogen and oxygen atoms in total. The van der Waals surface area contributed by atoms with Crippen LogP contribution in [0.5, 0.6) is 11.5 Å². The molecule has 1 aliphatic rings. The number of hydrogen-bond donors (Lipinski definition) is 1. The summed E-state index contributed by atoms with van der Waals surface area (Å²) in [6, 6.07) is 13.6. The summed E-state index contributed by atoms with van der Waals surface area (Å²) in [6.45, 7) is 2.60. The van der Waals surface area contributed by atoms with E-state index in [-0.39, 0.29) is 11.7 Å². The summed E-state index contributed by atoms with van der Waals surface area (Å²) >= 11 is 1.52. The van der Waals surface area contributed by atoms with Crippen LogP contribution in [0.4, 0.5) is 4.39 Å². The summed E-state index contributed by atoms with van der Waals surface area (Å²) in [4.78, 5) is 0.798. The number of ether oxygens (including phenoxy) is 2. The quantitative estimate of drug-likeness (QED) is 0.564. The lowest BCUT2D eigenvalue weighted by molar-refractivity contribution is -0.555. The standard InChI is InChI=1S/C19H16FNO3S/c20-13-4-6-14(7-5-13)24-16-2-1-3-17-15(16)12-18(25-17)19(22)21-8-10-23-11-9-21/h1-7,12H,8-11H2/p+1. The first-order chi connectivity index (χ1) is 12.2. The van der Waals surface area contributed by atoms with Crippen molar-refractivity contribution in [3.8, 4) is 11.5 Å². The predicted octanol–water partition coefficient (Wildman–Crippen LogP) is 4.18. The summed E-state index contributed by atoms with van der Waals surface area (Å²) in [7, 11) is 0. The van der Waals surface area contributed by atoms with Gasteiger partial charge in [0, 0.05) is 10.1 Å². The van der Waals surface area contributed by atoms with Crippen LogP contribution in [0.15, 0.2) is 48.5 Å². The van der Waals surface area contributed by atoms with Gasteiger partial charge in [-0.15, -0.1) is 11.3 Å². The van der Waals surface area contributed by atoms with Gasteiger partial charge in [0.15, 0.2) is 13.1 Å². The molecule has 0 saturated carbocycles. The van der Waals surface area contributed by atoms with Gasteiger partial charge in [0.05, 0.1) is 0 Å². The van der Waals surface area contributed by atoms with Crippen molar-refractivity contribution in [3.63, 3.8) is 0 Å². The highest BCUT2D eigenvalue weighted by atomic mass is 32.1. The average Bonchev–Trinajstić information content (AvgIpc) is 3.09. The van der Waals surface area contributed by atoms with Crippen LogP contribution in [0.1, 0.15) is 4.88 Å².